The summed E-state index contributed by atoms with van der Waals surface area (Å²) in [4.78, 5) is 0. The molecule has 19 heavy (non-hydrogen) atoms. The van der Waals surface area contributed by atoms with Crippen molar-refractivity contribution in [2.45, 2.75) is 13.5 Å². The highest BCUT2D eigenvalue weighted by Gasteiger charge is 2.04. The minimum atomic E-state index is -0.363. The summed E-state index contributed by atoms with van der Waals surface area (Å²) in [6, 6.07) is 12.3. The van der Waals surface area contributed by atoms with Crippen molar-refractivity contribution in [3.05, 3.63) is 63.4 Å². The summed E-state index contributed by atoms with van der Waals surface area (Å²) in [6.45, 7) is 2.39. The van der Waals surface area contributed by atoms with Crippen LogP contribution in [0.5, 0.6) is 0 Å². The van der Waals surface area contributed by atoms with Gasteiger partial charge in [-0.2, -0.15) is 5.26 Å². The summed E-state index contributed by atoms with van der Waals surface area (Å²) in [6.07, 6.45) is 0. The van der Waals surface area contributed by atoms with Gasteiger partial charge in [0.15, 0.2) is 0 Å². The van der Waals surface area contributed by atoms with Crippen LogP contribution in [0.15, 0.2) is 40.9 Å². The molecule has 0 bridgehead atoms. The fraction of sp³-hybridized carbons (Fsp3) is 0.133. The van der Waals surface area contributed by atoms with Gasteiger partial charge in [-0.15, -0.1) is 0 Å². The Hall–Kier alpha value is -1.86. The highest BCUT2D eigenvalue weighted by molar-refractivity contribution is 9.10. The molecule has 2 aromatic rings. The lowest BCUT2D eigenvalue weighted by atomic mass is 10.1. The van der Waals surface area contributed by atoms with E-state index in [0.717, 1.165) is 15.7 Å². The molecule has 0 saturated heterocycles. The molecule has 0 saturated carbocycles. The van der Waals surface area contributed by atoms with Crippen LogP contribution in [-0.2, 0) is 6.54 Å². The van der Waals surface area contributed by atoms with Crippen molar-refractivity contribution in [1.82, 2.24) is 0 Å². The van der Waals surface area contributed by atoms with E-state index in [9.17, 15) is 4.39 Å². The zero-order valence-electron chi connectivity index (χ0n) is 10.4. The summed E-state index contributed by atoms with van der Waals surface area (Å²) in [5.74, 6) is -0.363. The number of hydrogen-bond acceptors (Lipinski definition) is 2. The van der Waals surface area contributed by atoms with Gasteiger partial charge in [-0.3, -0.25) is 0 Å². The SMILES string of the molecule is Cc1ccc(NCc2ccc(C#N)cc2F)cc1Br. The number of anilines is 1. The Morgan fingerprint density at radius 3 is 2.68 bits per heavy atom. The van der Waals surface area contributed by atoms with Crippen LogP contribution >= 0.6 is 15.9 Å². The predicted octanol–water partition coefficient (Wildman–Crippen LogP) is 4.38. The van der Waals surface area contributed by atoms with Crippen LogP contribution in [0.1, 0.15) is 16.7 Å². The lowest BCUT2D eigenvalue weighted by Crippen LogP contribution is -2.02. The van der Waals surface area contributed by atoms with Crippen molar-refractivity contribution in [1.29, 1.82) is 5.26 Å². The molecule has 0 amide bonds. The number of aryl methyl sites for hydroxylation is 1. The molecule has 96 valence electrons. The average molecular weight is 319 g/mol. The van der Waals surface area contributed by atoms with Gasteiger partial charge < -0.3 is 5.32 Å². The standard InChI is InChI=1S/C15H12BrFN2/c1-10-2-5-13(7-14(10)16)19-9-12-4-3-11(8-18)6-15(12)17/h2-7,19H,9H2,1H3. The Labute approximate surface area is 120 Å². The highest BCUT2D eigenvalue weighted by atomic mass is 79.9. The summed E-state index contributed by atoms with van der Waals surface area (Å²) in [7, 11) is 0. The number of nitriles is 1. The molecule has 0 fully saturated rings. The maximum absolute atomic E-state index is 13.7. The average Bonchev–Trinajstić information content (AvgIpc) is 2.41. The van der Waals surface area contributed by atoms with E-state index < -0.39 is 0 Å². The zero-order valence-corrected chi connectivity index (χ0v) is 12.0. The van der Waals surface area contributed by atoms with Gasteiger partial charge >= 0.3 is 0 Å². The monoisotopic (exact) mass is 318 g/mol. The highest BCUT2D eigenvalue weighted by Crippen LogP contribution is 2.21. The predicted molar refractivity (Wildman–Crippen MR) is 77.3 cm³/mol. The minimum absolute atomic E-state index is 0.333. The molecule has 4 heteroatoms. The van der Waals surface area contributed by atoms with Crippen molar-refractivity contribution in [2.24, 2.45) is 0 Å². The Bertz CT molecular complexity index is 647. The van der Waals surface area contributed by atoms with Crippen LogP contribution < -0.4 is 5.32 Å². The first-order chi connectivity index (χ1) is 9.10. The molecule has 2 nitrogen and oxygen atoms in total. The fourth-order valence-corrected chi connectivity index (χ4v) is 2.04. The van der Waals surface area contributed by atoms with Crippen LogP contribution in [0.2, 0.25) is 0 Å². The fourth-order valence-electron chi connectivity index (χ4n) is 1.66. The van der Waals surface area contributed by atoms with Gasteiger partial charge in [0.25, 0.3) is 0 Å². The van der Waals surface area contributed by atoms with E-state index in [0.29, 0.717) is 17.7 Å². The molecular weight excluding hydrogens is 307 g/mol. The molecule has 0 aliphatic rings. The lowest BCUT2D eigenvalue weighted by molar-refractivity contribution is 0.612. The van der Waals surface area contributed by atoms with E-state index in [2.05, 4.69) is 21.2 Å². The van der Waals surface area contributed by atoms with E-state index in [1.54, 1.807) is 12.1 Å². The van der Waals surface area contributed by atoms with Crippen LogP contribution in [-0.4, -0.2) is 0 Å². The summed E-state index contributed by atoms with van der Waals surface area (Å²) >= 11 is 3.46. The molecule has 0 radical (unpaired) electrons. The first kappa shape index (κ1) is 13.6. The van der Waals surface area contributed by atoms with E-state index in [1.807, 2.05) is 31.2 Å². The van der Waals surface area contributed by atoms with E-state index in [-0.39, 0.29) is 5.82 Å². The minimum Gasteiger partial charge on any atom is -0.381 e. The Balaban J connectivity index is 2.10. The van der Waals surface area contributed by atoms with Gasteiger partial charge in [0.05, 0.1) is 11.6 Å². The Kier molecular flexibility index (Phi) is 4.18. The molecule has 0 spiro atoms. The quantitative estimate of drug-likeness (QED) is 0.911. The zero-order chi connectivity index (χ0) is 13.8. The van der Waals surface area contributed by atoms with Crippen LogP contribution in [0.3, 0.4) is 0 Å². The molecule has 0 aromatic heterocycles. The number of benzene rings is 2. The first-order valence-corrected chi connectivity index (χ1v) is 6.58. The summed E-state index contributed by atoms with van der Waals surface area (Å²) in [5.41, 5.74) is 2.94. The van der Waals surface area contributed by atoms with Crippen molar-refractivity contribution >= 4 is 21.6 Å². The van der Waals surface area contributed by atoms with Crippen molar-refractivity contribution in [2.75, 3.05) is 5.32 Å². The van der Waals surface area contributed by atoms with Crippen molar-refractivity contribution in [3.8, 4) is 6.07 Å². The van der Waals surface area contributed by atoms with Gasteiger partial charge in [-0.25, -0.2) is 4.39 Å². The topological polar surface area (TPSA) is 35.8 Å². The van der Waals surface area contributed by atoms with Gasteiger partial charge in [0, 0.05) is 22.3 Å². The molecule has 0 unspecified atom stereocenters. The molecule has 0 atom stereocenters. The smallest absolute Gasteiger partial charge is 0.129 e. The largest absolute Gasteiger partial charge is 0.381 e. The molecule has 1 N–H and O–H groups in total. The van der Waals surface area contributed by atoms with Crippen molar-refractivity contribution < 1.29 is 4.39 Å². The van der Waals surface area contributed by atoms with E-state index in [1.165, 1.54) is 6.07 Å². The van der Waals surface area contributed by atoms with E-state index in [4.69, 9.17) is 5.26 Å². The maximum atomic E-state index is 13.7. The Morgan fingerprint density at radius 2 is 2.05 bits per heavy atom. The number of nitrogens with zero attached hydrogens (tertiary/aromatic N) is 1. The second kappa shape index (κ2) is 5.85. The summed E-state index contributed by atoms with van der Waals surface area (Å²) < 4.78 is 14.7. The second-order valence-corrected chi connectivity index (χ2v) is 5.09. The number of rotatable bonds is 3. The van der Waals surface area contributed by atoms with Gasteiger partial charge in [0.1, 0.15) is 5.82 Å². The van der Waals surface area contributed by atoms with Gasteiger partial charge in [-0.1, -0.05) is 28.1 Å². The molecule has 2 aromatic carbocycles. The van der Waals surface area contributed by atoms with Crippen LogP contribution in [0.4, 0.5) is 10.1 Å². The van der Waals surface area contributed by atoms with Crippen molar-refractivity contribution in [3.63, 3.8) is 0 Å². The van der Waals surface area contributed by atoms with Crippen LogP contribution in [0.25, 0.3) is 0 Å². The third-order valence-corrected chi connectivity index (χ3v) is 3.69. The first-order valence-electron chi connectivity index (χ1n) is 5.78. The third-order valence-electron chi connectivity index (χ3n) is 2.84. The number of halogens is 2. The lowest BCUT2D eigenvalue weighted by Gasteiger charge is -2.09. The molecule has 0 aliphatic carbocycles. The number of nitrogens with one attached hydrogen (secondary N) is 1. The number of hydrogen-bond donors (Lipinski definition) is 1. The molecular formula is C15H12BrFN2. The summed E-state index contributed by atoms with van der Waals surface area (Å²) in [5, 5.41) is 11.8. The van der Waals surface area contributed by atoms with E-state index >= 15 is 0 Å². The van der Waals surface area contributed by atoms with Crippen LogP contribution in [0, 0.1) is 24.1 Å². The van der Waals surface area contributed by atoms with Gasteiger partial charge in [0.2, 0.25) is 0 Å². The normalized spacial score (nSPS) is 10.0. The maximum Gasteiger partial charge on any atom is 0.129 e. The molecule has 2 rings (SSSR count). The molecule has 0 aliphatic heterocycles. The second-order valence-electron chi connectivity index (χ2n) is 4.24. The van der Waals surface area contributed by atoms with Gasteiger partial charge in [-0.05, 0) is 36.8 Å². The third kappa shape index (κ3) is 3.33. The Morgan fingerprint density at radius 1 is 1.26 bits per heavy atom. The molecule has 0 heterocycles.